The third-order valence-electron chi connectivity index (χ3n) is 1.58. The van der Waals surface area contributed by atoms with Crippen LogP contribution in [-0.2, 0) is 23.7 Å². The Balaban J connectivity index is 2.79. The molecule has 1 N–H and O–H groups in total. The quantitative estimate of drug-likeness (QED) is 0.443. The highest BCUT2D eigenvalue weighted by molar-refractivity contribution is 14.1. The van der Waals surface area contributed by atoms with Crippen molar-refractivity contribution in [3.8, 4) is 0 Å². The van der Waals surface area contributed by atoms with Gasteiger partial charge in [0.25, 0.3) is 9.32 Å². The molecule has 6 nitrogen and oxygen atoms in total. The molecule has 0 aliphatic carbocycles. The van der Waals surface area contributed by atoms with Crippen molar-refractivity contribution in [3.63, 3.8) is 0 Å². The molecule has 0 aromatic rings. The summed E-state index contributed by atoms with van der Waals surface area (Å²) < 4.78 is 52.3. The van der Waals surface area contributed by atoms with Crippen LogP contribution in [0, 0.1) is 0 Å². The minimum Gasteiger partial charge on any atom is -0.480 e. The maximum Gasteiger partial charge on any atom is 0.525 e. The Hall–Kier alpha value is 0.260. The normalized spacial score (nSPS) is 33.9. The fourth-order valence-electron chi connectivity index (χ4n) is 0.939. The average Bonchev–Trinajstić information content (AvgIpc) is 2.37. The lowest BCUT2D eigenvalue weighted by Gasteiger charge is -2.34. The molecule has 1 aliphatic heterocycles. The highest BCUT2D eigenvalue weighted by Gasteiger charge is 2.61. The molecule has 0 aromatic heterocycles. The van der Waals surface area contributed by atoms with Crippen molar-refractivity contribution in [1.29, 1.82) is 0 Å². The van der Waals surface area contributed by atoms with Crippen molar-refractivity contribution in [2.24, 2.45) is 0 Å². The molecule has 3 unspecified atom stereocenters. The summed E-state index contributed by atoms with van der Waals surface area (Å²) in [6.45, 7) is -1.38. The van der Waals surface area contributed by atoms with E-state index in [9.17, 15) is 18.0 Å². The van der Waals surface area contributed by atoms with Crippen LogP contribution >= 0.6 is 31.8 Å². The third-order valence-corrected chi connectivity index (χ3v) is 4.21. The molecule has 0 bridgehead atoms. The summed E-state index contributed by atoms with van der Waals surface area (Å²) in [6.07, 6.45) is -4.99. The van der Waals surface area contributed by atoms with Gasteiger partial charge in [0.1, 0.15) is 6.61 Å². The standard InChI is InChI=1S/C6H7F3IO6P/c7-6(8,9)16-5(17)4(10,14-2-15-5)13-1-3(11)12/h1-2,17H2,(H,11,12). The second-order valence-electron chi connectivity index (χ2n) is 2.84. The van der Waals surface area contributed by atoms with Gasteiger partial charge in [-0.15, -0.1) is 13.2 Å². The van der Waals surface area contributed by atoms with Crippen molar-refractivity contribution in [2.75, 3.05) is 13.4 Å². The van der Waals surface area contributed by atoms with Crippen LogP contribution in [0.4, 0.5) is 13.2 Å². The summed E-state index contributed by atoms with van der Waals surface area (Å²) in [6, 6.07) is 0. The van der Waals surface area contributed by atoms with E-state index < -0.39 is 35.1 Å². The Morgan fingerprint density at radius 1 is 1.53 bits per heavy atom. The molecule has 3 atom stereocenters. The first-order chi connectivity index (χ1) is 7.58. The van der Waals surface area contributed by atoms with Gasteiger partial charge in [0, 0.05) is 0 Å². The lowest BCUT2D eigenvalue weighted by Crippen LogP contribution is -2.49. The first kappa shape index (κ1) is 15.3. The van der Waals surface area contributed by atoms with Crippen LogP contribution in [0.5, 0.6) is 0 Å². The number of ether oxygens (including phenoxy) is 4. The van der Waals surface area contributed by atoms with Crippen LogP contribution in [0.1, 0.15) is 0 Å². The van der Waals surface area contributed by atoms with E-state index >= 15 is 0 Å². The molecule has 1 rings (SSSR count). The summed E-state index contributed by atoms with van der Waals surface area (Å²) in [5, 5.41) is 8.40. The first-order valence-corrected chi connectivity index (χ1v) is 5.62. The van der Waals surface area contributed by atoms with Crippen LogP contribution in [-0.4, -0.2) is 40.2 Å². The fraction of sp³-hybridized carbons (Fsp3) is 0.833. The van der Waals surface area contributed by atoms with Crippen molar-refractivity contribution in [1.82, 2.24) is 0 Å². The molecule has 0 radical (unpaired) electrons. The van der Waals surface area contributed by atoms with E-state index in [2.05, 4.69) is 9.47 Å². The van der Waals surface area contributed by atoms with Gasteiger partial charge in [0.05, 0.1) is 0 Å². The van der Waals surface area contributed by atoms with Gasteiger partial charge in [-0.05, 0) is 22.6 Å². The zero-order valence-electron chi connectivity index (χ0n) is 7.99. The Morgan fingerprint density at radius 2 is 2.12 bits per heavy atom. The molecule has 11 heteroatoms. The van der Waals surface area contributed by atoms with Crippen LogP contribution in [0.2, 0.25) is 0 Å². The van der Waals surface area contributed by atoms with Gasteiger partial charge >= 0.3 is 12.3 Å². The monoisotopic (exact) mass is 390 g/mol. The summed E-state index contributed by atoms with van der Waals surface area (Å²) in [5.74, 6) is -1.36. The van der Waals surface area contributed by atoms with Crippen molar-refractivity contribution >= 4 is 37.8 Å². The second-order valence-corrected chi connectivity index (χ2v) is 5.02. The average molecular weight is 390 g/mol. The molecule has 1 heterocycles. The Kier molecular flexibility index (Phi) is 4.59. The number of carboxylic acids is 1. The number of hydrogen-bond acceptors (Lipinski definition) is 5. The fourth-order valence-corrected chi connectivity index (χ4v) is 1.86. The van der Waals surface area contributed by atoms with E-state index in [-0.39, 0.29) is 0 Å². The Bertz CT molecular complexity index is 315. The molecule has 0 amide bonds. The van der Waals surface area contributed by atoms with Gasteiger partial charge in [-0.1, -0.05) is 9.24 Å². The Morgan fingerprint density at radius 3 is 2.59 bits per heavy atom. The molecular weight excluding hydrogens is 383 g/mol. The smallest absolute Gasteiger partial charge is 0.480 e. The van der Waals surface area contributed by atoms with E-state index in [4.69, 9.17) is 14.6 Å². The predicted octanol–water partition coefficient (Wildman–Crippen LogP) is 1.25. The van der Waals surface area contributed by atoms with Crippen molar-refractivity contribution < 1.29 is 42.0 Å². The van der Waals surface area contributed by atoms with Gasteiger partial charge < -0.3 is 19.3 Å². The maximum atomic E-state index is 12.1. The molecule has 0 aromatic carbocycles. The van der Waals surface area contributed by atoms with Gasteiger partial charge in [-0.2, -0.15) is 0 Å². The van der Waals surface area contributed by atoms with Gasteiger partial charge in [-0.25, -0.2) is 9.53 Å². The second kappa shape index (κ2) is 5.10. The van der Waals surface area contributed by atoms with Crippen LogP contribution in [0.15, 0.2) is 0 Å². The third kappa shape index (κ3) is 3.86. The van der Waals surface area contributed by atoms with E-state index in [0.717, 1.165) is 0 Å². The summed E-state index contributed by atoms with van der Waals surface area (Å²) in [4.78, 5) is 10.3. The first-order valence-electron chi connectivity index (χ1n) is 3.96. The maximum absolute atomic E-state index is 12.1. The number of halogens is 4. The van der Waals surface area contributed by atoms with E-state index in [1.165, 1.54) is 22.6 Å². The molecule has 0 saturated carbocycles. The van der Waals surface area contributed by atoms with E-state index in [0.29, 0.717) is 0 Å². The summed E-state index contributed by atoms with van der Waals surface area (Å²) >= 11 is 1.34. The zero-order valence-corrected chi connectivity index (χ0v) is 11.3. The topological polar surface area (TPSA) is 74.2 Å². The number of rotatable bonds is 4. The van der Waals surface area contributed by atoms with Gasteiger partial charge in [0.2, 0.25) is 0 Å². The molecule has 1 aliphatic rings. The van der Waals surface area contributed by atoms with Gasteiger partial charge in [-0.3, -0.25) is 0 Å². The van der Waals surface area contributed by atoms with Crippen molar-refractivity contribution in [3.05, 3.63) is 0 Å². The minimum absolute atomic E-state index is 0.526. The molecule has 100 valence electrons. The number of carboxylic acid groups (broad SMARTS) is 1. The summed E-state index contributed by atoms with van der Waals surface area (Å²) in [5.41, 5.74) is -2.36. The molecule has 1 fully saturated rings. The van der Waals surface area contributed by atoms with Crippen LogP contribution in [0.3, 0.4) is 0 Å². The molecular formula is C6H7F3IO6P. The SMILES string of the molecule is O=C(O)COC1(I)OCOC1(P)OC(F)(F)F. The minimum atomic E-state index is -4.99. The molecule has 17 heavy (non-hydrogen) atoms. The van der Waals surface area contributed by atoms with E-state index in [1.54, 1.807) is 9.24 Å². The van der Waals surface area contributed by atoms with Gasteiger partial charge in [0.15, 0.2) is 6.79 Å². The van der Waals surface area contributed by atoms with Crippen LogP contribution in [0.25, 0.3) is 0 Å². The number of aliphatic carboxylic acids is 1. The highest BCUT2D eigenvalue weighted by Crippen LogP contribution is 2.50. The largest absolute Gasteiger partial charge is 0.525 e. The predicted molar refractivity (Wildman–Crippen MR) is 57.0 cm³/mol. The van der Waals surface area contributed by atoms with Crippen molar-refractivity contribution in [2.45, 2.75) is 15.7 Å². The zero-order chi connectivity index (χ0) is 13.3. The lowest BCUT2D eigenvalue weighted by atomic mass is 10.6. The molecule has 1 saturated heterocycles. The molecule has 0 spiro atoms. The van der Waals surface area contributed by atoms with Crippen LogP contribution < -0.4 is 0 Å². The lowest BCUT2D eigenvalue weighted by molar-refractivity contribution is -0.400. The van der Waals surface area contributed by atoms with E-state index in [1.807, 2.05) is 0 Å². The summed E-state index contributed by atoms with van der Waals surface area (Å²) in [7, 11) is 1.65. The number of carbonyl (C=O) groups is 1. The number of alkyl halides is 4. The number of hydrogen-bond donors (Lipinski definition) is 1. The highest BCUT2D eigenvalue weighted by atomic mass is 127. The Labute approximate surface area is 109 Å².